The van der Waals surface area contributed by atoms with Gasteiger partial charge in [0.05, 0.1) is 5.71 Å². The Morgan fingerprint density at radius 2 is 1.69 bits per heavy atom. The van der Waals surface area contributed by atoms with Crippen molar-refractivity contribution >= 4 is 11.4 Å². The number of allylic oxidation sites excluding steroid dienone is 9. The van der Waals surface area contributed by atoms with E-state index in [0.717, 1.165) is 33.7 Å². The minimum absolute atomic E-state index is 0.748. The molecule has 0 bridgehead atoms. The number of nitrogens with zero attached hydrogens (tertiary/aromatic N) is 1. The van der Waals surface area contributed by atoms with E-state index in [1.54, 1.807) is 7.05 Å². The van der Waals surface area contributed by atoms with E-state index in [0.29, 0.717) is 0 Å². The molecule has 0 aliphatic carbocycles. The molecule has 0 fully saturated rings. The highest BCUT2D eigenvalue weighted by Crippen LogP contribution is 2.18. The molecule has 0 unspecified atom stereocenters. The van der Waals surface area contributed by atoms with Crippen LogP contribution in [0.4, 0.5) is 5.69 Å². The molecule has 2 heteroatoms. The molecule has 0 spiro atoms. The minimum Gasteiger partial charge on any atom is -0.399 e. The average molecular weight is 391 g/mol. The summed E-state index contributed by atoms with van der Waals surface area (Å²) in [7, 11) is 1.77. The van der Waals surface area contributed by atoms with Gasteiger partial charge in [-0.15, -0.1) is 0 Å². The van der Waals surface area contributed by atoms with Crippen LogP contribution in [0.15, 0.2) is 102 Å². The zero-order valence-electron chi connectivity index (χ0n) is 19.0. The highest BCUT2D eigenvalue weighted by molar-refractivity contribution is 6.09. The Morgan fingerprint density at radius 1 is 1.10 bits per heavy atom. The summed E-state index contributed by atoms with van der Waals surface area (Å²) in [6.07, 6.45) is 13.8. The first-order valence-corrected chi connectivity index (χ1v) is 10.1. The van der Waals surface area contributed by atoms with Gasteiger partial charge in [-0.25, -0.2) is 0 Å². The Kier molecular flexibility index (Phi) is 13.6. The van der Waals surface area contributed by atoms with Gasteiger partial charge in [-0.1, -0.05) is 86.2 Å². The van der Waals surface area contributed by atoms with E-state index in [-0.39, 0.29) is 0 Å². The molecule has 0 aliphatic rings. The van der Waals surface area contributed by atoms with Gasteiger partial charge in [-0.2, -0.15) is 0 Å². The first-order chi connectivity index (χ1) is 13.8. The Morgan fingerprint density at radius 3 is 2.10 bits per heavy atom. The Bertz CT molecular complexity index is 768. The van der Waals surface area contributed by atoms with Crippen LogP contribution in [0, 0.1) is 0 Å². The molecule has 0 aromatic heterocycles. The summed E-state index contributed by atoms with van der Waals surface area (Å²) in [4.78, 5) is 4.31. The Labute approximate surface area is 178 Å². The maximum absolute atomic E-state index is 5.68. The molecule has 0 saturated heterocycles. The van der Waals surface area contributed by atoms with Gasteiger partial charge in [0.1, 0.15) is 0 Å². The molecule has 1 rings (SSSR count). The molecule has 156 valence electrons. The van der Waals surface area contributed by atoms with E-state index in [4.69, 9.17) is 5.73 Å². The average Bonchev–Trinajstić information content (AvgIpc) is 2.70. The van der Waals surface area contributed by atoms with Crippen molar-refractivity contribution in [2.45, 2.75) is 47.0 Å². The predicted octanol–water partition coefficient (Wildman–Crippen LogP) is 7.63. The van der Waals surface area contributed by atoms with Gasteiger partial charge in [0.15, 0.2) is 0 Å². The third kappa shape index (κ3) is 10.9. The number of unbranched alkanes of at least 4 members (excludes halogenated alkanes) is 1. The Balaban J connectivity index is 0.000000614. The zero-order valence-corrected chi connectivity index (χ0v) is 19.0. The number of nitrogens with two attached hydrogens (primary N) is 1. The topological polar surface area (TPSA) is 38.4 Å². The second-order valence-electron chi connectivity index (χ2n) is 6.91. The quantitative estimate of drug-likeness (QED) is 0.263. The summed E-state index contributed by atoms with van der Waals surface area (Å²) < 4.78 is 0. The summed E-state index contributed by atoms with van der Waals surface area (Å²) in [6.45, 7) is 19.8. The summed E-state index contributed by atoms with van der Waals surface area (Å²) >= 11 is 0. The van der Waals surface area contributed by atoms with E-state index >= 15 is 0 Å². The van der Waals surface area contributed by atoms with Crippen LogP contribution in [0.3, 0.4) is 0 Å². The third-order valence-electron chi connectivity index (χ3n) is 4.28. The fourth-order valence-corrected chi connectivity index (χ4v) is 2.57. The van der Waals surface area contributed by atoms with Crippen molar-refractivity contribution in [3.8, 4) is 0 Å². The van der Waals surface area contributed by atoms with Crippen molar-refractivity contribution in [3.05, 3.63) is 102 Å². The van der Waals surface area contributed by atoms with Crippen molar-refractivity contribution in [2.24, 2.45) is 4.99 Å². The van der Waals surface area contributed by atoms with Gasteiger partial charge in [0, 0.05) is 12.7 Å². The fourth-order valence-electron chi connectivity index (χ4n) is 2.57. The van der Waals surface area contributed by atoms with Crippen LogP contribution in [0.1, 0.15) is 52.5 Å². The van der Waals surface area contributed by atoms with E-state index in [2.05, 4.69) is 50.7 Å². The molecule has 2 nitrogen and oxygen atoms in total. The summed E-state index contributed by atoms with van der Waals surface area (Å²) in [5, 5.41) is 0. The van der Waals surface area contributed by atoms with E-state index < -0.39 is 0 Å². The number of hydrogen-bond donors (Lipinski definition) is 1. The lowest BCUT2D eigenvalue weighted by Gasteiger charge is -2.08. The van der Waals surface area contributed by atoms with Crippen molar-refractivity contribution in [3.63, 3.8) is 0 Å². The number of nitrogen functional groups attached to an aromatic ring is 1. The van der Waals surface area contributed by atoms with Gasteiger partial charge >= 0.3 is 0 Å². The van der Waals surface area contributed by atoms with Crippen molar-refractivity contribution in [1.29, 1.82) is 0 Å². The summed E-state index contributed by atoms with van der Waals surface area (Å²) in [5.74, 6) is 0. The van der Waals surface area contributed by atoms with Gasteiger partial charge in [-0.05, 0) is 63.0 Å². The third-order valence-corrected chi connectivity index (χ3v) is 4.28. The van der Waals surface area contributed by atoms with Crippen LogP contribution in [-0.4, -0.2) is 12.8 Å². The highest BCUT2D eigenvalue weighted by atomic mass is 14.7. The second kappa shape index (κ2) is 15.1. The van der Waals surface area contributed by atoms with E-state index in [1.165, 1.54) is 24.8 Å². The van der Waals surface area contributed by atoms with Crippen molar-refractivity contribution in [1.82, 2.24) is 0 Å². The van der Waals surface area contributed by atoms with Crippen LogP contribution >= 0.6 is 0 Å². The van der Waals surface area contributed by atoms with Gasteiger partial charge in [-0.3, -0.25) is 4.99 Å². The van der Waals surface area contributed by atoms with E-state index in [9.17, 15) is 0 Å². The van der Waals surface area contributed by atoms with Crippen molar-refractivity contribution in [2.75, 3.05) is 12.8 Å². The lowest BCUT2D eigenvalue weighted by Crippen LogP contribution is -2.00. The van der Waals surface area contributed by atoms with E-state index in [1.807, 2.05) is 56.3 Å². The molecule has 0 aliphatic heterocycles. The van der Waals surface area contributed by atoms with Crippen LogP contribution in [0.2, 0.25) is 0 Å². The lowest BCUT2D eigenvalue weighted by atomic mass is 9.98. The maximum atomic E-state index is 5.68. The smallest absolute Gasteiger partial charge is 0.0649 e. The van der Waals surface area contributed by atoms with Gasteiger partial charge < -0.3 is 5.73 Å². The van der Waals surface area contributed by atoms with Crippen LogP contribution in [0.5, 0.6) is 0 Å². The Hall–Kier alpha value is -2.87. The van der Waals surface area contributed by atoms with Gasteiger partial charge in [0.2, 0.25) is 0 Å². The maximum Gasteiger partial charge on any atom is 0.0649 e. The molecule has 0 heterocycles. The summed E-state index contributed by atoms with van der Waals surface area (Å²) in [5.41, 5.74) is 12.8. The standard InChI is InChI=1S/C16H20N2.C11H18/c1-11(2)15(12(3)4)10-16(18-5)13-6-8-14(17)9-7-13;1-4-7-9-11(6-3)10-8-5-2/h6-10H,1,3,17H2,2,4-5H3;4,6-7,9H,1,5,8,10H2,2-3H3/b;9-7-,11-6+. The predicted molar refractivity (Wildman–Crippen MR) is 134 cm³/mol. The first kappa shape index (κ1) is 26.1. The molecular weight excluding hydrogens is 352 g/mol. The fraction of sp³-hybridized carbons (Fsp3) is 0.296. The molecule has 1 aromatic rings. The highest BCUT2D eigenvalue weighted by Gasteiger charge is 2.04. The molecule has 0 radical (unpaired) electrons. The number of aliphatic imine (C=N–C) groups is 1. The van der Waals surface area contributed by atoms with Crippen LogP contribution in [0.25, 0.3) is 0 Å². The second-order valence-corrected chi connectivity index (χ2v) is 6.91. The first-order valence-electron chi connectivity index (χ1n) is 10.1. The SMILES string of the molecule is C=C(C)C(=CC(=NC)c1ccc(N)cc1)C(=C)C.C=C/C=C\C(=C/C)CCCC. The lowest BCUT2D eigenvalue weighted by molar-refractivity contribution is 0.797. The minimum atomic E-state index is 0.748. The number of rotatable bonds is 9. The molecule has 1 aromatic carbocycles. The molecule has 2 N–H and O–H groups in total. The molecule has 0 amide bonds. The molecular formula is C27H38N2. The largest absolute Gasteiger partial charge is 0.399 e. The monoisotopic (exact) mass is 390 g/mol. The van der Waals surface area contributed by atoms with Crippen LogP contribution in [-0.2, 0) is 0 Å². The molecule has 0 saturated carbocycles. The van der Waals surface area contributed by atoms with Crippen LogP contribution < -0.4 is 5.73 Å². The number of anilines is 1. The molecule has 29 heavy (non-hydrogen) atoms. The molecule has 0 atom stereocenters. The number of benzene rings is 1. The zero-order chi connectivity index (χ0) is 22.2. The number of hydrogen-bond acceptors (Lipinski definition) is 2. The normalized spacial score (nSPS) is 11.5. The van der Waals surface area contributed by atoms with Gasteiger partial charge in [0.25, 0.3) is 0 Å². The van der Waals surface area contributed by atoms with Crippen molar-refractivity contribution < 1.29 is 0 Å². The summed E-state index contributed by atoms with van der Waals surface area (Å²) in [6, 6.07) is 7.66.